The number of nitrogens with one attached hydrogen (secondary N) is 1. The van der Waals surface area contributed by atoms with Crippen LogP contribution in [0, 0.1) is 11.8 Å². The standard InChI is InChI=1S/C17H25N5S.HI/c1-2-18-16(22-10-13-5-3-4-6-14(13)11-22)19-9-15-12-21-7-8-23-17(21)20-15;/h7-8,12-14H,2-6,9-11H2,1H3,(H,18,19);1H. The molecule has 0 spiro atoms. The molecular weight excluding hydrogens is 433 g/mol. The van der Waals surface area contributed by atoms with Crippen LogP contribution in [0.3, 0.4) is 0 Å². The maximum atomic E-state index is 4.86. The number of aliphatic imine (C=N–C) groups is 1. The first-order valence-corrected chi connectivity index (χ1v) is 9.66. The van der Waals surface area contributed by atoms with E-state index in [9.17, 15) is 0 Å². The largest absolute Gasteiger partial charge is 0.357 e. The number of likely N-dealkylation sites (tertiary alicyclic amines) is 1. The minimum atomic E-state index is 0. The van der Waals surface area contributed by atoms with Gasteiger partial charge in [0.15, 0.2) is 10.9 Å². The predicted molar refractivity (Wildman–Crippen MR) is 110 cm³/mol. The number of fused-ring (bicyclic) bond motifs is 2. The lowest BCUT2D eigenvalue weighted by atomic mass is 9.82. The van der Waals surface area contributed by atoms with Crippen molar-refractivity contribution in [2.45, 2.75) is 39.2 Å². The molecule has 2 aromatic rings. The molecule has 3 heterocycles. The van der Waals surface area contributed by atoms with Gasteiger partial charge in [0.1, 0.15) is 0 Å². The summed E-state index contributed by atoms with van der Waals surface area (Å²) in [6.07, 6.45) is 9.76. The fourth-order valence-corrected chi connectivity index (χ4v) is 4.73. The lowest BCUT2D eigenvalue weighted by molar-refractivity contribution is 0.299. The van der Waals surface area contributed by atoms with Gasteiger partial charge in [-0.15, -0.1) is 35.3 Å². The Labute approximate surface area is 164 Å². The van der Waals surface area contributed by atoms with Gasteiger partial charge in [-0.3, -0.25) is 4.40 Å². The molecule has 1 aliphatic heterocycles. The summed E-state index contributed by atoms with van der Waals surface area (Å²) in [6, 6.07) is 0. The van der Waals surface area contributed by atoms with Crippen LogP contribution in [0.25, 0.3) is 4.96 Å². The summed E-state index contributed by atoms with van der Waals surface area (Å²) in [4.78, 5) is 13.0. The molecule has 2 unspecified atom stereocenters. The highest BCUT2D eigenvalue weighted by molar-refractivity contribution is 14.0. The summed E-state index contributed by atoms with van der Waals surface area (Å²) in [5.41, 5.74) is 1.05. The summed E-state index contributed by atoms with van der Waals surface area (Å²) in [5, 5.41) is 5.54. The summed E-state index contributed by atoms with van der Waals surface area (Å²) < 4.78 is 2.08. The van der Waals surface area contributed by atoms with Crippen LogP contribution >= 0.6 is 35.3 Å². The molecule has 2 aromatic heterocycles. The Morgan fingerprint density at radius 2 is 2.08 bits per heavy atom. The molecule has 1 N–H and O–H groups in total. The molecule has 7 heteroatoms. The average molecular weight is 459 g/mol. The number of hydrogen-bond acceptors (Lipinski definition) is 3. The monoisotopic (exact) mass is 459 g/mol. The Hall–Kier alpha value is -0.830. The summed E-state index contributed by atoms with van der Waals surface area (Å²) in [5.74, 6) is 2.83. The normalized spacial score (nSPS) is 24.0. The van der Waals surface area contributed by atoms with Gasteiger partial charge < -0.3 is 10.2 Å². The quantitative estimate of drug-likeness (QED) is 0.434. The number of aromatic nitrogens is 2. The lowest BCUT2D eigenvalue weighted by Crippen LogP contribution is -2.40. The van der Waals surface area contributed by atoms with Crippen molar-refractivity contribution in [2.75, 3.05) is 19.6 Å². The zero-order chi connectivity index (χ0) is 15.6. The minimum absolute atomic E-state index is 0. The SMILES string of the molecule is CCNC(=NCc1cn2ccsc2n1)N1CC2CCCCC2C1.I. The van der Waals surface area contributed by atoms with Crippen LogP contribution in [0.5, 0.6) is 0 Å². The fraction of sp³-hybridized carbons (Fsp3) is 0.647. The molecule has 0 radical (unpaired) electrons. The minimum Gasteiger partial charge on any atom is -0.357 e. The van der Waals surface area contributed by atoms with Gasteiger partial charge in [0, 0.05) is 37.4 Å². The second-order valence-electron chi connectivity index (χ2n) is 6.70. The maximum Gasteiger partial charge on any atom is 0.194 e. The van der Waals surface area contributed by atoms with Crippen molar-refractivity contribution in [1.82, 2.24) is 19.6 Å². The Balaban J connectivity index is 0.00000169. The van der Waals surface area contributed by atoms with E-state index in [1.54, 1.807) is 11.3 Å². The number of rotatable bonds is 3. The molecule has 132 valence electrons. The molecule has 1 saturated carbocycles. The van der Waals surface area contributed by atoms with E-state index in [4.69, 9.17) is 4.99 Å². The highest BCUT2D eigenvalue weighted by Gasteiger charge is 2.35. The van der Waals surface area contributed by atoms with E-state index in [2.05, 4.69) is 44.3 Å². The molecule has 2 atom stereocenters. The zero-order valence-corrected chi connectivity index (χ0v) is 17.3. The summed E-state index contributed by atoms with van der Waals surface area (Å²) in [6.45, 7) is 6.07. The van der Waals surface area contributed by atoms with Crippen LogP contribution in [0.4, 0.5) is 0 Å². The Morgan fingerprint density at radius 1 is 1.33 bits per heavy atom. The van der Waals surface area contributed by atoms with E-state index in [0.717, 1.165) is 35.0 Å². The van der Waals surface area contributed by atoms with Gasteiger partial charge in [0.2, 0.25) is 0 Å². The third kappa shape index (κ3) is 3.71. The van der Waals surface area contributed by atoms with Gasteiger partial charge in [-0.05, 0) is 31.6 Å². The van der Waals surface area contributed by atoms with Gasteiger partial charge >= 0.3 is 0 Å². The van der Waals surface area contributed by atoms with Gasteiger partial charge in [0.25, 0.3) is 0 Å². The molecule has 0 amide bonds. The van der Waals surface area contributed by atoms with E-state index in [1.807, 2.05) is 0 Å². The molecule has 2 fully saturated rings. The zero-order valence-electron chi connectivity index (χ0n) is 14.1. The van der Waals surface area contributed by atoms with Crippen LogP contribution in [0.15, 0.2) is 22.8 Å². The Morgan fingerprint density at radius 3 is 2.75 bits per heavy atom. The third-order valence-electron chi connectivity index (χ3n) is 5.14. The van der Waals surface area contributed by atoms with Gasteiger partial charge in [0.05, 0.1) is 12.2 Å². The summed E-state index contributed by atoms with van der Waals surface area (Å²) in [7, 11) is 0. The van der Waals surface area contributed by atoms with Gasteiger partial charge in [-0.25, -0.2) is 9.98 Å². The molecule has 0 bridgehead atoms. The number of nitrogens with zero attached hydrogens (tertiary/aromatic N) is 4. The number of hydrogen-bond donors (Lipinski definition) is 1. The third-order valence-corrected chi connectivity index (χ3v) is 5.92. The Kier molecular flexibility index (Phi) is 6.02. The fourth-order valence-electron chi connectivity index (χ4n) is 4.01. The first-order chi connectivity index (χ1) is 11.3. The topological polar surface area (TPSA) is 44.9 Å². The molecule has 4 rings (SSSR count). The molecule has 1 saturated heterocycles. The molecular formula is C17H26IN5S. The molecule has 0 aromatic carbocycles. The van der Waals surface area contributed by atoms with Gasteiger partial charge in [-0.1, -0.05) is 12.8 Å². The van der Waals surface area contributed by atoms with Crippen molar-refractivity contribution >= 4 is 46.2 Å². The molecule has 24 heavy (non-hydrogen) atoms. The second kappa shape index (κ2) is 8.03. The number of thiazole rings is 1. The van der Waals surface area contributed by atoms with E-state index in [1.165, 1.54) is 38.8 Å². The van der Waals surface area contributed by atoms with Gasteiger partial charge in [-0.2, -0.15) is 0 Å². The van der Waals surface area contributed by atoms with Crippen LogP contribution in [0.1, 0.15) is 38.3 Å². The molecule has 5 nitrogen and oxygen atoms in total. The smallest absolute Gasteiger partial charge is 0.194 e. The molecule has 2 aliphatic rings. The molecule has 1 aliphatic carbocycles. The van der Waals surface area contributed by atoms with Crippen molar-refractivity contribution in [3.8, 4) is 0 Å². The summed E-state index contributed by atoms with van der Waals surface area (Å²) >= 11 is 1.67. The lowest BCUT2D eigenvalue weighted by Gasteiger charge is -2.22. The number of halogens is 1. The van der Waals surface area contributed by atoms with E-state index in [-0.39, 0.29) is 24.0 Å². The van der Waals surface area contributed by atoms with Crippen LogP contribution in [0.2, 0.25) is 0 Å². The van der Waals surface area contributed by atoms with Crippen molar-refractivity contribution in [1.29, 1.82) is 0 Å². The van der Waals surface area contributed by atoms with Crippen LogP contribution < -0.4 is 5.32 Å². The number of guanidine groups is 1. The van der Waals surface area contributed by atoms with E-state index >= 15 is 0 Å². The van der Waals surface area contributed by atoms with E-state index < -0.39 is 0 Å². The maximum absolute atomic E-state index is 4.86. The average Bonchev–Trinajstić information content (AvgIpc) is 3.24. The van der Waals surface area contributed by atoms with Crippen molar-refractivity contribution in [3.05, 3.63) is 23.5 Å². The number of imidazole rings is 1. The highest BCUT2D eigenvalue weighted by atomic mass is 127. The van der Waals surface area contributed by atoms with E-state index in [0.29, 0.717) is 6.54 Å². The predicted octanol–water partition coefficient (Wildman–Crippen LogP) is 3.60. The first-order valence-electron chi connectivity index (χ1n) is 8.78. The van der Waals surface area contributed by atoms with Crippen molar-refractivity contribution < 1.29 is 0 Å². The van der Waals surface area contributed by atoms with Crippen LogP contribution in [-0.4, -0.2) is 39.9 Å². The van der Waals surface area contributed by atoms with Crippen molar-refractivity contribution in [3.63, 3.8) is 0 Å². The second-order valence-corrected chi connectivity index (χ2v) is 7.58. The van der Waals surface area contributed by atoms with Crippen molar-refractivity contribution in [2.24, 2.45) is 16.8 Å². The van der Waals surface area contributed by atoms with Crippen LogP contribution in [-0.2, 0) is 6.54 Å². The highest BCUT2D eigenvalue weighted by Crippen LogP contribution is 2.35. The Bertz CT molecular complexity index is 652. The first kappa shape index (κ1) is 18.0.